The minimum absolute atomic E-state index is 0.162. The summed E-state index contributed by atoms with van der Waals surface area (Å²) >= 11 is 0. The Bertz CT molecular complexity index is 1200. The van der Waals surface area contributed by atoms with Gasteiger partial charge in [-0.3, -0.25) is 14.7 Å². The van der Waals surface area contributed by atoms with Crippen molar-refractivity contribution in [3.05, 3.63) is 71.4 Å². The second-order valence-electron chi connectivity index (χ2n) is 9.54. The van der Waals surface area contributed by atoms with Crippen LogP contribution < -0.4 is 5.32 Å². The summed E-state index contributed by atoms with van der Waals surface area (Å²) in [6.45, 7) is 2.80. The number of anilines is 1. The Morgan fingerprint density at radius 2 is 1.97 bits per heavy atom. The molecule has 5 rings (SSSR count). The number of nitrogens with zero attached hydrogens (tertiary/aromatic N) is 3. The van der Waals surface area contributed by atoms with Gasteiger partial charge in [-0.1, -0.05) is 31.4 Å². The lowest BCUT2D eigenvalue weighted by Gasteiger charge is -2.38. The second-order valence-corrected chi connectivity index (χ2v) is 9.54. The number of hydrogen-bond acceptors (Lipinski definition) is 4. The van der Waals surface area contributed by atoms with Gasteiger partial charge in [-0.15, -0.1) is 0 Å². The minimum atomic E-state index is -0.312. The molecule has 33 heavy (non-hydrogen) atoms. The van der Waals surface area contributed by atoms with Crippen molar-refractivity contribution in [2.24, 2.45) is 5.41 Å². The molecule has 1 aromatic heterocycles. The molecular formula is C28H30N4O. The average Bonchev–Trinajstić information content (AvgIpc) is 2.87. The van der Waals surface area contributed by atoms with Gasteiger partial charge < -0.3 is 5.32 Å². The number of pyridine rings is 1. The number of aromatic nitrogens is 1. The van der Waals surface area contributed by atoms with Crippen molar-refractivity contribution in [3.63, 3.8) is 0 Å². The Hall–Kier alpha value is -3.23. The molecule has 0 atom stereocenters. The summed E-state index contributed by atoms with van der Waals surface area (Å²) in [5, 5.41) is 13.4. The number of nitriles is 1. The molecule has 0 radical (unpaired) electrons. The number of rotatable bonds is 5. The van der Waals surface area contributed by atoms with Crippen LogP contribution in [0.25, 0.3) is 10.9 Å². The highest BCUT2D eigenvalue weighted by Crippen LogP contribution is 2.41. The fourth-order valence-corrected chi connectivity index (χ4v) is 5.53. The first-order chi connectivity index (χ1) is 16.2. The van der Waals surface area contributed by atoms with Gasteiger partial charge in [-0.2, -0.15) is 5.26 Å². The summed E-state index contributed by atoms with van der Waals surface area (Å²) in [6, 6.07) is 18.1. The van der Waals surface area contributed by atoms with Gasteiger partial charge in [-0.05, 0) is 79.8 Å². The van der Waals surface area contributed by atoms with Crippen molar-refractivity contribution in [2.45, 2.75) is 51.5 Å². The molecule has 2 aromatic carbocycles. The summed E-state index contributed by atoms with van der Waals surface area (Å²) in [7, 11) is 0. The third-order valence-electron chi connectivity index (χ3n) is 7.52. The summed E-state index contributed by atoms with van der Waals surface area (Å²) in [5.41, 5.74) is 4.79. The van der Waals surface area contributed by atoms with Crippen LogP contribution in [0.4, 0.5) is 5.69 Å². The number of amides is 1. The zero-order valence-electron chi connectivity index (χ0n) is 19.0. The Morgan fingerprint density at radius 1 is 1.09 bits per heavy atom. The summed E-state index contributed by atoms with van der Waals surface area (Å²) in [6.07, 6.45) is 8.99. The third kappa shape index (κ3) is 4.49. The molecule has 0 bridgehead atoms. The Labute approximate surface area is 195 Å². The lowest BCUT2D eigenvalue weighted by molar-refractivity contribution is -0.128. The largest absolute Gasteiger partial charge is 0.325 e. The first kappa shape index (κ1) is 21.6. The third-order valence-corrected chi connectivity index (χ3v) is 7.52. The fourth-order valence-electron chi connectivity index (χ4n) is 5.53. The molecule has 0 unspecified atom stereocenters. The van der Waals surface area contributed by atoms with E-state index < -0.39 is 0 Å². The van der Waals surface area contributed by atoms with Crippen molar-refractivity contribution in [3.8, 4) is 6.07 Å². The van der Waals surface area contributed by atoms with E-state index in [2.05, 4.69) is 27.3 Å². The fraction of sp³-hybridized carbons (Fsp3) is 0.393. The molecule has 0 saturated heterocycles. The number of hydrogen-bond donors (Lipinski definition) is 1. The quantitative estimate of drug-likeness (QED) is 0.576. The van der Waals surface area contributed by atoms with E-state index in [0.29, 0.717) is 0 Å². The SMILES string of the molecule is N#Cc1ccc2c(c1)CCN(CCC1(C(=O)Nc3cccc4ncccc34)CCCCC1)C2. The van der Waals surface area contributed by atoms with Gasteiger partial charge in [0.25, 0.3) is 0 Å². The van der Waals surface area contributed by atoms with E-state index in [-0.39, 0.29) is 11.3 Å². The maximum Gasteiger partial charge on any atom is 0.230 e. The Morgan fingerprint density at radius 3 is 2.82 bits per heavy atom. The average molecular weight is 439 g/mol. The van der Waals surface area contributed by atoms with Crippen LogP contribution in [0.15, 0.2) is 54.7 Å². The summed E-state index contributed by atoms with van der Waals surface area (Å²) in [4.78, 5) is 20.6. The van der Waals surface area contributed by atoms with Crippen LogP contribution in [0.5, 0.6) is 0 Å². The van der Waals surface area contributed by atoms with Gasteiger partial charge in [0.05, 0.1) is 28.3 Å². The number of nitrogens with one attached hydrogen (secondary N) is 1. The number of carbonyl (C=O) groups excluding carboxylic acids is 1. The van der Waals surface area contributed by atoms with Crippen molar-refractivity contribution in [2.75, 3.05) is 18.4 Å². The van der Waals surface area contributed by atoms with Crippen LogP contribution in [0.3, 0.4) is 0 Å². The highest BCUT2D eigenvalue weighted by Gasteiger charge is 2.39. The lowest BCUT2D eigenvalue weighted by atomic mass is 9.71. The van der Waals surface area contributed by atoms with Gasteiger partial charge in [-0.25, -0.2) is 0 Å². The molecule has 1 amide bonds. The van der Waals surface area contributed by atoms with Crippen LogP contribution in [0.1, 0.15) is 55.2 Å². The Balaban J connectivity index is 1.30. The second kappa shape index (κ2) is 9.33. The summed E-state index contributed by atoms with van der Waals surface area (Å²) in [5.74, 6) is 0.162. The monoisotopic (exact) mass is 438 g/mol. The van der Waals surface area contributed by atoms with E-state index in [1.165, 1.54) is 17.5 Å². The molecule has 1 saturated carbocycles. The standard InChI is InChI=1S/C28H30N4O/c29-19-21-9-10-23-20-32(16-11-22(23)18-21)17-14-28(12-2-1-3-13-28)27(33)31-26-8-4-7-25-24(26)6-5-15-30-25/h4-10,15,18H,1-3,11-14,16-17,20H2,(H,31,33). The van der Waals surface area contributed by atoms with Crippen molar-refractivity contribution >= 4 is 22.5 Å². The summed E-state index contributed by atoms with van der Waals surface area (Å²) < 4.78 is 0. The van der Waals surface area contributed by atoms with E-state index in [1.807, 2.05) is 42.5 Å². The van der Waals surface area contributed by atoms with Crippen LogP contribution in [-0.4, -0.2) is 28.9 Å². The molecule has 2 heterocycles. The molecule has 0 spiro atoms. The van der Waals surface area contributed by atoms with E-state index in [1.54, 1.807) is 6.20 Å². The smallest absolute Gasteiger partial charge is 0.230 e. The number of carbonyl (C=O) groups is 1. The zero-order chi connectivity index (χ0) is 22.7. The molecule has 1 fully saturated rings. The van der Waals surface area contributed by atoms with Crippen LogP contribution in [0.2, 0.25) is 0 Å². The first-order valence-electron chi connectivity index (χ1n) is 12.1. The van der Waals surface area contributed by atoms with Crippen molar-refractivity contribution in [1.29, 1.82) is 5.26 Å². The lowest BCUT2D eigenvalue weighted by Crippen LogP contribution is -2.42. The van der Waals surface area contributed by atoms with Crippen molar-refractivity contribution < 1.29 is 4.79 Å². The van der Waals surface area contributed by atoms with Gasteiger partial charge in [0.15, 0.2) is 0 Å². The normalized spacial score (nSPS) is 17.8. The van der Waals surface area contributed by atoms with Crippen LogP contribution in [0, 0.1) is 16.7 Å². The van der Waals surface area contributed by atoms with E-state index in [4.69, 9.17) is 5.26 Å². The molecule has 1 aliphatic heterocycles. The highest BCUT2D eigenvalue weighted by atomic mass is 16.2. The maximum atomic E-state index is 13.7. The highest BCUT2D eigenvalue weighted by molar-refractivity contribution is 6.03. The van der Waals surface area contributed by atoms with E-state index in [9.17, 15) is 4.79 Å². The van der Waals surface area contributed by atoms with E-state index >= 15 is 0 Å². The van der Waals surface area contributed by atoms with Crippen molar-refractivity contribution in [1.82, 2.24) is 9.88 Å². The Kier molecular flexibility index (Phi) is 6.11. The molecule has 5 heteroatoms. The van der Waals surface area contributed by atoms with Gasteiger partial charge in [0.2, 0.25) is 5.91 Å². The molecule has 1 N–H and O–H groups in total. The topological polar surface area (TPSA) is 69.0 Å². The van der Waals surface area contributed by atoms with E-state index in [0.717, 1.165) is 80.3 Å². The minimum Gasteiger partial charge on any atom is -0.325 e. The zero-order valence-corrected chi connectivity index (χ0v) is 19.0. The molecule has 3 aromatic rings. The molecule has 1 aliphatic carbocycles. The van der Waals surface area contributed by atoms with Crippen LogP contribution in [-0.2, 0) is 17.8 Å². The van der Waals surface area contributed by atoms with Gasteiger partial charge in [0, 0.05) is 24.7 Å². The first-order valence-corrected chi connectivity index (χ1v) is 12.1. The number of benzene rings is 2. The molecule has 2 aliphatic rings. The van der Waals surface area contributed by atoms with Gasteiger partial charge in [0.1, 0.15) is 0 Å². The van der Waals surface area contributed by atoms with Gasteiger partial charge >= 0.3 is 0 Å². The molecule has 168 valence electrons. The predicted octanol–water partition coefficient (Wildman–Crippen LogP) is 5.44. The predicted molar refractivity (Wildman–Crippen MR) is 131 cm³/mol. The van der Waals surface area contributed by atoms with Crippen LogP contribution >= 0.6 is 0 Å². The number of fused-ring (bicyclic) bond motifs is 2. The molecule has 5 nitrogen and oxygen atoms in total. The maximum absolute atomic E-state index is 13.7. The molecular weight excluding hydrogens is 408 g/mol.